The number of ether oxygens (including phenoxy) is 1. The summed E-state index contributed by atoms with van der Waals surface area (Å²) >= 11 is 0. The SMILES string of the molecule is CC(=O)N1CCN2C(=O)c3cc(C)cn3CC12c1ccccc1.CCOC(C)=O. The Bertz CT molecular complexity index is 921. The predicted molar refractivity (Wildman–Crippen MR) is 108 cm³/mol. The molecule has 0 radical (unpaired) electrons. The van der Waals surface area contributed by atoms with Crippen molar-refractivity contribution in [3.8, 4) is 0 Å². The van der Waals surface area contributed by atoms with Crippen LogP contribution < -0.4 is 0 Å². The van der Waals surface area contributed by atoms with Crippen LogP contribution in [0.4, 0.5) is 0 Å². The van der Waals surface area contributed by atoms with Crippen molar-refractivity contribution >= 4 is 17.8 Å². The average molecular weight is 397 g/mol. The molecule has 1 aromatic carbocycles. The third kappa shape index (κ3) is 3.64. The maximum Gasteiger partial charge on any atom is 0.302 e. The van der Waals surface area contributed by atoms with Crippen molar-refractivity contribution < 1.29 is 19.1 Å². The lowest BCUT2D eigenvalue weighted by Gasteiger charge is -2.47. The molecule has 154 valence electrons. The van der Waals surface area contributed by atoms with Gasteiger partial charge in [-0.15, -0.1) is 0 Å². The second-order valence-electron chi connectivity index (χ2n) is 7.27. The van der Waals surface area contributed by atoms with Crippen LogP contribution in [-0.2, 0) is 26.5 Å². The number of amides is 2. The maximum atomic E-state index is 13.0. The molecule has 0 N–H and O–H groups in total. The van der Waals surface area contributed by atoms with E-state index < -0.39 is 5.66 Å². The molecule has 0 bridgehead atoms. The summed E-state index contributed by atoms with van der Waals surface area (Å²) < 4.78 is 6.39. The quantitative estimate of drug-likeness (QED) is 0.730. The van der Waals surface area contributed by atoms with E-state index in [-0.39, 0.29) is 17.8 Å². The zero-order valence-corrected chi connectivity index (χ0v) is 17.3. The molecule has 0 aliphatic carbocycles. The normalized spacial score (nSPS) is 19.8. The fourth-order valence-corrected chi connectivity index (χ4v) is 4.23. The van der Waals surface area contributed by atoms with Crippen molar-refractivity contribution in [2.24, 2.45) is 0 Å². The molecule has 2 amide bonds. The van der Waals surface area contributed by atoms with Gasteiger partial charge in [-0.2, -0.15) is 0 Å². The molecule has 0 saturated carbocycles. The molecule has 1 atom stereocenters. The molecular weight excluding hydrogens is 370 g/mol. The van der Waals surface area contributed by atoms with E-state index in [0.29, 0.717) is 31.9 Å². The van der Waals surface area contributed by atoms with Gasteiger partial charge in [0.15, 0.2) is 5.66 Å². The first-order valence-electron chi connectivity index (χ1n) is 9.77. The van der Waals surface area contributed by atoms with Gasteiger partial charge in [-0.3, -0.25) is 14.4 Å². The van der Waals surface area contributed by atoms with Gasteiger partial charge in [0, 0.05) is 33.1 Å². The van der Waals surface area contributed by atoms with Crippen LogP contribution in [0, 0.1) is 6.92 Å². The van der Waals surface area contributed by atoms with Gasteiger partial charge in [-0.05, 0) is 31.0 Å². The van der Waals surface area contributed by atoms with E-state index in [1.807, 2.05) is 63.9 Å². The number of hydrogen-bond acceptors (Lipinski definition) is 4. The Morgan fingerprint density at radius 3 is 2.38 bits per heavy atom. The number of carbonyl (C=O) groups excluding carboxylic acids is 3. The highest BCUT2D eigenvalue weighted by molar-refractivity contribution is 5.95. The van der Waals surface area contributed by atoms with Gasteiger partial charge in [0.25, 0.3) is 5.91 Å². The zero-order valence-electron chi connectivity index (χ0n) is 17.3. The van der Waals surface area contributed by atoms with Gasteiger partial charge in [0.1, 0.15) is 5.69 Å². The van der Waals surface area contributed by atoms with Gasteiger partial charge in [-0.1, -0.05) is 30.3 Å². The highest BCUT2D eigenvalue weighted by Crippen LogP contribution is 2.42. The topological polar surface area (TPSA) is 71.8 Å². The van der Waals surface area contributed by atoms with E-state index >= 15 is 0 Å². The Morgan fingerprint density at radius 1 is 1.14 bits per heavy atom. The highest BCUT2D eigenvalue weighted by Gasteiger charge is 2.55. The summed E-state index contributed by atoms with van der Waals surface area (Å²) in [4.78, 5) is 38.8. The van der Waals surface area contributed by atoms with E-state index in [0.717, 1.165) is 11.1 Å². The van der Waals surface area contributed by atoms with Crippen molar-refractivity contribution in [3.63, 3.8) is 0 Å². The highest BCUT2D eigenvalue weighted by atomic mass is 16.5. The van der Waals surface area contributed by atoms with Crippen LogP contribution in [0.3, 0.4) is 0 Å². The molecule has 2 aromatic rings. The Labute approximate surface area is 170 Å². The Kier molecular flexibility index (Phi) is 5.77. The van der Waals surface area contributed by atoms with E-state index in [2.05, 4.69) is 4.74 Å². The summed E-state index contributed by atoms with van der Waals surface area (Å²) in [5, 5.41) is 0. The Morgan fingerprint density at radius 2 is 1.83 bits per heavy atom. The van der Waals surface area contributed by atoms with Crippen LogP contribution in [0.1, 0.15) is 42.4 Å². The minimum Gasteiger partial charge on any atom is -0.466 e. The van der Waals surface area contributed by atoms with Crippen molar-refractivity contribution in [3.05, 3.63) is 59.4 Å². The molecular formula is C22H27N3O4. The lowest BCUT2D eigenvalue weighted by molar-refractivity contribution is -0.140. The molecule has 2 aliphatic heterocycles. The Hall–Kier alpha value is -3.09. The summed E-state index contributed by atoms with van der Waals surface area (Å²) in [6.45, 7) is 8.93. The van der Waals surface area contributed by atoms with Crippen molar-refractivity contribution in [2.45, 2.75) is 39.9 Å². The van der Waals surface area contributed by atoms with Crippen LogP contribution in [0.5, 0.6) is 0 Å². The van der Waals surface area contributed by atoms with E-state index in [1.165, 1.54) is 6.92 Å². The molecule has 1 saturated heterocycles. The second-order valence-corrected chi connectivity index (χ2v) is 7.27. The summed E-state index contributed by atoms with van der Waals surface area (Å²) in [6.07, 6.45) is 1.99. The van der Waals surface area contributed by atoms with Crippen molar-refractivity contribution in [2.75, 3.05) is 19.7 Å². The number of hydrogen-bond donors (Lipinski definition) is 0. The molecule has 1 unspecified atom stereocenters. The van der Waals surface area contributed by atoms with Crippen LogP contribution in [0.15, 0.2) is 42.6 Å². The molecule has 7 heteroatoms. The Balaban J connectivity index is 0.000000353. The van der Waals surface area contributed by atoms with E-state index in [4.69, 9.17) is 0 Å². The minimum atomic E-state index is -0.720. The molecule has 7 nitrogen and oxygen atoms in total. The molecule has 1 aromatic heterocycles. The van der Waals surface area contributed by atoms with E-state index in [9.17, 15) is 14.4 Å². The van der Waals surface area contributed by atoms with Crippen LogP contribution in [-0.4, -0.2) is 51.8 Å². The summed E-state index contributed by atoms with van der Waals surface area (Å²) in [5.74, 6) is -0.217. The number of aryl methyl sites for hydroxylation is 1. The van der Waals surface area contributed by atoms with E-state index in [1.54, 1.807) is 13.8 Å². The number of nitrogens with zero attached hydrogens (tertiary/aromatic N) is 3. The third-order valence-electron chi connectivity index (χ3n) is 5.29. The van der Waals surface area contributed by atoms with Crippen molar-refractivity contribution in [1.82, 2.24) is 14.4 Å². The second kappa shape index (κ2) is 8.11. The lowest BCUT2D eigenvalue weighted by atomic mass is 9.94. The molecule has 4 rings (SSSR count). The van der Waals surface area contributed by atoms with Gasteiger partial charge < -0.3 is 19.1 Å². The van der Waals surface area contributed by atoms with Gasteiger partial charge in [-0.25, -0.2) is 0 Å². The molecule has 0 spiro atoms. The number of benzene rings is 1. The largest absolute Gasteiger partial charge is 0.466 e. The lowest BCUT2D eigenvalue weighted by Crippen LogP contribution is -2.59. The number of carbonyl (C=O) groups is 3. The number of fused-ring (bicyclic) bond motifs is 2. The zero-order chi connectivity index (χ0) is 21.2. The number of aromatic nitrogens is 1. The first-order chi connectivity index (χ1) is 13.8. The van der Waals surface area contributed by atoms with Crippen LogP contribution in [0.2, 0.25) is 0 Å². The van der Waals surface area contributed by atoms with Crippen LogP contribution >= 0.6 is 0 Å². The fraction of sp³-hybridized carbons (Fsp3) is 0.409. The van der Waals surface area contributed by atoms with Crippen molar-refractivity contribution in [1.29, 1.82) is 0 Å². The summed E-state index contributed by atoms with van der Waals surface area (Å²) in [5.41, 5.74) is 2.03. The van der Waals surface area contributed by atoms with Gasteiger partial charge >= 0.3 is 5.97 Å². The third-order valence-corrected chi connectivity index (χ3v) is 5.29. The average Bonchev–Trinajstić information content (AvgIpc) is 3.24. The molecule has 29 heavy (non-hydrogen) atoms. The first-order valence-corrected chi connectivity index (χ1v) is 9.77. The van der Waals surface area contributed by atoms with Gasteiger partial charge in [0.05, 0.1) is 13.2 Å². The smallest absolute Gasteiger partial charge is 0.302 e. The number of esters is 1. The summed E-state index contributed by atoms with van der Waals surface area (Å²) in [6, 6.07) is 11.8. The minimum absolute atomic E-state index is 0.00282. The molecule has 2 aliphatic rings. The molecule has 1 fully saturated rings. The molecule has 3 heterocycles. The fourth-order valence-electron chi connectivity index (χ4n) is 4.23. The van der Waals surface area contributed by atoms with Crippen LogP contribution in [0.25, 0.3) is 0 Å². The monoisotopic (exact) mass is 397 g/mol. The summed E-state index contributed by atoms with van der Waals surface area (Å²) in [7, 11) is 0. The maximum absolute atomic E-state index is 13.0. The standard InChI is InChI=1S/C18H19N3O2.C4H8O2/c1-13-10-16-17(23)21-9-8-20(14(2)22)18(21,12-19(16)11-13)15-6-4-3-5-7-15;1-3-6-4(2)5/h3-7,10-11H,8-9,12H2,1-2H3;3H2,1-2H3. The first kappa shape index (κ1) is 20.6. The van der Waals surface area contributed by atoms with Gasteiger partial charge in [0.2, 0.25) is 5.91 Å². The number of rotatable bonds is 2. The predicted octanol–water partition coefficient (Wildman–Crippen LogP) is 2.54.